The molecule has 1 heterocycles. The lowest BCUT2D eigenvalue weighted by Gasteiger charge is -2.12. The van der Waals surface area contributed by atoms with Crippen molar-refractivity contribution in [2.24, 2.45) is 0 Å². The number of aliphatic hydroxyl groups is 1. The molecule has 2 rings (SSSR count). The molecular weight excluding hydrogens is 252 g/mol. The lowest BCUT2D eigenvalue weighted by atomic mass is 10.0. The monoisotopic (exact) mass is 272 g/mol. The number of amides is 1. The molecule has 0 aliphatic carbocycles. The highest BCUT2D eigenvalue weighted by Crippen LogP contribution is 2.22. The quantitative estimate of drug-likeness (QED) is 0.898. The Hall–Kier alpha value is -1.94. The molecule has 4 heteroatoms. The smallest absolute Gasteiger partial charge is 0.252 e. The Bertz CT molecular complexity index is 621. The fourth-order valence-electron chi connectivity index (χ4n) is 2.02. The minimum Gasteiger partial charge on any atom is -0.392 e. The number of para-hydroxylation sites is 1. The molecule has 1 aromatic heterocycles. The van der Waals surface area contributed by atoms with Crippen LogP contribution in [0.25, 0.3) is 10.9 Å². The summed E-state index contributed by atoms with van der Waals surface area (Å²) < 4.78 is 0. The van der Waals surface area contributed by atoms with E-state index in [4.69, 9.17) is 0 Å². The maximum absolute atomic E-state index is 12.3. The SMILES string of the molecule is CC(O)CNC(=O)c1cc(C(C)C)nc2ccccc12. The first-order valence-electron chi connectivity index (χ1n) is 6.85. The number of hydrogen-bond donors (Lipinski definition) is 2. The molecule has 1 atom stereocenters. The Morgan fingerprint density at radius 3 is 2.65 bits per heavy atom. The van der Waals surface area contributed by atoms with E-state index in [-0.39, 0.29) is 18.4 Å². The number of carbonyl (C=O) groups excluding carboxylic acids is 1. The fraction of sp³-hybridized carbons (Fsp3) is 0.375. The van der Waals surface area contributed by atoms with Gasteiger partial charge in [-0.1, -0.05) is 32.0 Å². The van der Waals surface area contributed by atoms with E-state index >= 15 is 0 Å². The zero-order valence-electron chi connectivity index (χ0n) is 12.1. The third-order valence-electron chi connectivity index (χ3n) is 3.13. The van der Waals surface area contributed by atoms with Crippen LogP contribution in [0, 0.1) is 0 Å². The van der Waals surface area contributed by atoms with Crippen molar-refractivity contribution in [1.29, 1.82) is 0 Å². The normalized spacial score (nSPS) is 12.7. The van der Waals surface area contributed by atoms with E-state index in [0.717, 1.165) is 16.6 Å². The van der Waals surface area contributed by atoms with Gasteiger partial charge >= 0.3 is 0 Å². The van der Waals surface area contributed by atoms with Crippen LogP contribution in [0.3, 0.4) is 0 Å². The predicted molar refractivity (Wildman–Crippen MR) is 79.8 cm³/mol. The molecule has 0 aliphatic heterocycles. The molecule has 1 aromatic carbocycles. The summed E-state index contributed by atoms with van der Waals surface area (Å²) in [6.45, 7) is 5.99. The molecule has 2 N–H and O–H groups in total. The average Bonchev–Trinajstić information content (AvgIpc) is 2.43. The van der Waals surface area contributed by atoms with Crippen molar-refractivity contribution in [3.05, 3.63) is 41.6 Å². The molecular formula is C16H20N2O2. The summed E-state index contributed by atoms with van der Waals surface area (Å²) in [5, 5.41) is 12.9. The highest BCUT2D eigenvalue weighted by Gasteiger charge is 2.14. The van der Waals surface area contributed by atoms with Crippen LogP contribution in [0.5, 0.6) is 0 Å². The van der Waals surface area contributed by atoms with Crippen LogP contribution in [0.4, 0.5) is 0 Å². The Morgan fingerprint density at radius 1 is 1.30 bits per heavy atom. The molecule has 0 bridgehead atoms. The Balaban J connectivity index is 2.46. The van der Waals surface area contributed by atoms with Gasteiger partial charge in [-0.2, -0.15) is 0 Å². The van der Waals surface area contributed by atoms with Gasteiger partial charge in [0.2, 0.25) is 0 Å². The summed E-state index contributed by atoms with van der Waals surface area (Å²) in [6, 6.07) is 9.45. The minimum atomic E-state index is -0.559. The second-order valence-electron chi connectivity index (χ2n) is 5.33. The number of rotatable bonds is 4. The van der Waals surface area contributed by atoms with E-state index < -0.39 is 6.10 Å². The fourth-order valence-corrected chi connectivity index (χ4v) is 2.02. The predicted octanol–water partition coefficient (Wildman–Crippen LogP) is 2.47. The van der Waals surface area contributed by atoms with Gasteiger partial charge in [-0.3, -0.25) is 9.78 Å². The van der Waals surface area contributed by atoms with Gasteiger partial charge in [0.1, 0.15) is 0 Å². The first-order chi connectivity index (χ1) is 9.49. The van der Waals surface area contributed by atoms with Gasteiger partial charge < -0.3 is 10.4 Å². The Morgan fingerprint density at radius 2 is 2.00 bits per heavy atom. The lowest BCUT2D eigenvalue weighted by molar-refractivity contribution is 0.0925. The van der Waals surface area contributed by atoms with E-state index in [1.807, 2.05) is 30.3 Å². The summed E-state index contributed by atoms with van der Waals surface area (Å²) in [4.78, 5) is 16.9. The number of pyridine rings is 1. The first kappa shape index (κ1) is 14.5. The highest BCUT2D eigenvalue weighted by molar-refractivity contribution is 6.06. The Kier molecular flexibility index (Phi) is 4.35. The van der Waals surface area contributed by atoms with Crippen molar-refractivity contribution >= 4 is 16.8 Å². The van der Waals surface area contributed by atoms with Crippen LogP contribution in [-0.2, 0) is 0 Å². The summed E-state index contributed by atoms with van der Waals surface area (Å²) in [5.41, 5.74) is 2.33. The average molecular weight is 272 g/mol. The van der Waals surface area contributed by atoms with Crippen molar-refractivity contribution < 1.29 is 9.90 Å². The number of aromatic nitrogens is 1. The summed E-state index contributed by atoms with van der Waals surface area (Å²) >= 11 is 0. The van der Waals surface area contributed by atoms with Crippen molar-refractivity contribution in [2.75, 3.05) is 6.54 Å². The van der Waals surface area contributed by atoms with Crippen molar-refractivity contribution in [2.45, 2.75) is 32.8 Å². The van der Waals surface area contributed by atoms with Gasteiger partial charge in [-0.25, -0.2) is 0 Å². The lowest BCUT2D eigenvalue weighted by Crippen LogP contribution is -2.30. The highest BCUT2D eigenvalue weighted by atomic mass is 16.3. The van der Waals surface area contributed by atoms with Gasteiger partial charge in [0.25, 0.3) is 5.91 Å². The van der Waals surface area contributed by atoms with E-state index in [2.05, 4.69) is 24.1 Å². The topological polar surface area (TPSA) is 62.2 Å². The molecule has 106 valence electrons. The third-order valence-corrected chi connectivity index (χ3v) is 3.13. The van der Waals surface area contributed by atoms with Crippen LogP contribution in [0.15, 0.2) is 30.3 Å². The summed E-state index contributed by atoms with van der Waals surface area (Å²) in [7, 11) is 0. The summed E-state index contributed by atoms with van der Waals surface area (Å²) in [5.74, 6) is 0.0781. The van der Waals surface area contributed by atoms with E-state index in [1.54, 1.807) is 6.92 Å². The molecule has 0 saturated heterocycles. The van der Waals surface area contributed by atoms with Crippen molar-refractivity contribution in [1.82, 2.24) is 10.3 Å². The van der Waals surface area contributed by atoms with E-state index in [9.17, 15) is 9.90 Å². The van der Waals surface area contributed by atoms with E-state index in [0.29, 0.717) is 5.56 Å². The molecule has 0 spiro atoms. The van der Waals surface area contributed by atoms with Gasteiger partial charge in [0, 0.05) is 17.6 Å². The van der Waals surface area contributed by atoms with Crippen LogP contribution in [0.2, 0.25) is 0 Å². The number of benzene rings is 1. The molecule has 0 fully saturated rings. The first-order valence-corrected chi connectivity index (χ1v) is 6.85. The molecule has 0 radical (unpaired) electrons. The number of aliphatic hydroxyl groups excluding tert-OH is 1. The maximum atomic E-state index is 12.3. The number of hydrogen-bond acceptors (Lipinski definition) is 3. The molecule has 0 aliphatic rings. The molecule has 4 nitrogen and oxygen atoms in total. The number of nitrogens with zero attached hydrogens (tertiary/aromatic N) is 1. The number of nitrogens with one attached hydrogen (secondary N) is 1. The van der Waals surface area contributed by atoms with Crippen LogP contribution in [0.1, 0.15) is 42.7 Å². The van der Waals surface area contributed by atoms with Gasteiger partial charge in [-0.15, -0.1) is 0 Å². The second kappa shape index (κ2) is 6.01. The molecule has 0 saturated carbocycles. The van der Waals surface area contributed by atoms with E-state index in [1.165, 1.54) is 0 Å². The summed E-state index contributed by atoms with van der Waals surface area (Å²) in [6.07, 6.45) is -0.559. The molecule has 1 unspecified atom stereocenters. The Labute approximate surface area is 118 Å². The molecule has 1 amide bonds. The van der Waals surface area contributed by atoms with Crippen LogP contribution >= 0.6 is 0 Å². The minimum absolute atomic E-state index is 0.175. The third kappa shape index (κ3) is 3.14. The molecule has 20 heavy (non-hydrogen) atoms. The largest absolute Gasteiger partial charge is 0.392 e. The van der Waals surface area contributed by atoms with Gasteiger partial charge in [0.15, 0.2) is 0 Å². The zero-order chi connectivity index (χ0) is 14.7. The van der Waals surface area contributed by atoms with Crippen LogP contribution in [-0.4, -0.2) is 28.6 Å². The van der Waals surface area contributed by atoms with Crippen molar-refractivity contribution in [3.63, 3.8) is 0 Å². The van der Waals surface area contributed by atoms with Crippen molar-refractivity contribution in [3.8, 4) is 0 Å². The van der Waals surface area contributed by atoms with Crippen LogP contribution < -0.4 is 5.32 Å². The number of fused-ring (bicyclic) bond motifs is 1. The second-order valence-corrected chi connectivity index (χ2v) is 5.33. The van der Waals surface area contributed by atoms with Gasteiger partial charge in [-0.05, 0) is 25.0 Å². The standard InChI is InChI=1S/C16H20N2O2/c1-10(2)15-8-13(16(20)17-9-11(3)19)12-6-4-5-7-14(12)18-15/h4-8,10-11,19H,9H2,1-3H3,(H,17,20). The maximum Gasteiger partial charge on any atom is 0.252 e. The molecule has 2 aromatic rings. The van der Waals surface area contributed by atoms with Gasteiger partial charge in [0.05, 0.1) is 17.2 Å². The number of carbonyl (C=O) groups is 1. The zero-order valence-corrected chi connectivity index (χ0v) is 12.1.